The second-order valence-corrected chi connectivity index (χ2v) is 3.76. The third kappa shape index (κ3) is 2.03. The van der Waals surface area contributed by atoms with Gasteiger partial charge in [0.05, 0.1) is 6.04 Å². The van der Waals surface area contributed by atoms with Crippen LogP contribution in [0.2, 0.25) is 0 Å². The first-order valence-electron chi connectivity index (χ1n) is 4.85. The zero-order valence-electron chi connectivity index (χ0n) is 7.61. The van der Waals surface area contributed by atoms with Gasteiger partial charge in [-0.25, -0.2) is 0 Å². The van der Waals surface area contributed by atoms with Crippen molar-refractivity contribution in [2.45, 2.75) is 38.1 Å². The fourth-order valence-corrected chi connectivity index (χ4v) is 2.04. The first-order chi connectivity index (χ1) is 6.36. The maximum atomic E-state index is 5.93. The number of tetrazole rings is 1. The molecule has 0 radical (unpaired) electrons. The summed E-state index contributed by atoms with van der Waals surface area (Å²) in [7, 11) is 0. The summed E-state index contributed by atoms with van der Waals surface area (Å²) in [4.78, 5) is 0. The van der Waals surface area contributed by atoms with Gasteiger partial charge >= 0.3 is 0 Å². The molecule has 0 saturated heterocycles. The van der Waals surface area contributed by atoms with E-state index in [0.29, 0.717) is 5.82 Å². The van der Waals surface area contributed by atoms with Crippen LogP contribution >= 0.6 is 0 Å². The highest BCUT2D eigenvalue weighted by Gasteiger charge is 2.20. The molecule has 1 aromatic heterocycles. The summed E-state index contributed by atoms with van der Waals surface area (Å²) in [6, 6.07) is -0.0400. The molecule has 0 aliphatic heterocycles. The lowest BCUT2D eigenvalue weighted by Crippen LogP contribution is -2.15. The number of hydrogen-bond acceptors (Lipinski definition) is 4. The van der Waals surface area contributed by atoms with E-state index in [1.165, 1.54) is 25.7 Å². The maximum Gasteiger partial charge on any atom is 0.191 e. The number of aromatic nitrogens is 4. The molecule has 0 spiro atoms. The number of nitrogens with two attached hydrogens (primary N) is 1. The summed E-state index contributed by atoms with van der Waals surface area (Å²) >= 11 is 0. The highest BCUT2D eigenvalue weighted by atomic mass is 15.5. The van der Waals surface area contributed by atoms with Gasteiger partial charge in [-0.15, -0.1) is 10.2 Å². The molecule has 1 unspecified atom stereocenters. The van der Waals surface area contributed by atoms with Crippen LogP contribution in [-0.4, -0.2) is 20.6 Å². The average molecular weight is 181 g/mol. The van der Waals surface area contributed by atoms with Gasteiger partial charge in [-0.1, -0.05) is 30.9 Å². The van der Waals surface area contributed by atoms with Crippen molar-refractivity contribution in [3.8, 4) is 0 Å². The smallest absolute Gasteiger partial charge is 0.191 e. The zero-order chi connectivity index (χ0) is 9.10. The minimum absolute atomic E-state index is 0.0400. The molecule has 1 heterocycles. The number of hydrogen-bond donors (Lipinski definition) is 2. The van der Waals surface area contributed by atoms with Gasteiger partial charge in [0.25, 0.3) is 0 Å². The molecule has 1 saturated carbocycles. The second kappa shape index (κ2) is 3.83. The molecule has 13 heavy (non-hydrogen) atoms. The van der Waals surface area contributed by atoms with E-state index in [1.54, 1.807) is 0 Å². The molecule has 1 aromatic rings. The molecule has 5 nitrogen and oxygen atoms in total. The van der Waals surface area contributed by atoms with E-state index >= 15 is 0 Å². The van der Waals surface area contributed by atoms with Crippen LogP contribution in [-0.2, 0) is 0 Å². The molecule has 1 aliphatic carbocycles. The summed E-state index contributed by atoms with van der Waals surface area (Å²) in [6.07, 6.45) is 6.32. The van der Waals surface area contributed by atoms with Gasteiger partial charge in [-0.3, -0.25) is 0 Å². The van der Waals surface area contributed by atoms with E-state index in [-0.39, 0.29) is 6.04 Å². The van der Waals surface area contributed by atoms with Crippen molar-refractivity contribution in [3.05, 3.63) is 5.82 Å². The standard InChI is InChI=1S/C8H15N5/c9-7(8-10-12-13-11-8)5-6-3-1-2-4-6/h6-7H,1-5,9H2,(H,10,11,12,13). The Labute approximate surface area is 77.1 Å². The Kier molecular flexibility index (Phi) is 2.54. The van der Waals surface area contributed by atoms with E-state index in [4.69, 9.17) is 5.73 Å². The van der Waals surface area contributed by atoms with Crippen LogP contribution < -0.4 is 5.73 Å². The van der Waals surface area contributed by atoms with Gasteiger partial charge in [0, 0.05) is 0 Å². The van der Waals surface area contributed by atoms with E-state index in [0.717, 1.165) is 12.3 Å². The van der Waals surface area contributed by atoms with Crippen LogP contribution in [0.15, 0.2) is 0 Å². The Bertz CT molecular complexity index is 239. The fraction of sp³-hybridized carbons (Fsp3) is 0.875. The van der Waals surface area contributed by atoms with Crippen molar-refractivity contribution in [1.29, 1.82) is 0 Å². The molecule has 1 atom stereocenters. The lowest BCUT2D eigenvalue weighted by molar-refractivity contribution is 0.440. The predicted molar refractivity (Wildman–Crippen MR) is 47.7 cm³/mol. The van der Waals surface area contributed by atoms with Crippen LogP contribution in [0.5, 0.6) is 0 Å². The number of aromatic amines is 1. The summed E-state index contributed by atoms with van der Waals surface area (Å²) in [5.74, 6) is 1.42. The quantitative estimate of drug-likeness (QED) is 0.722. The Morgan fingerprint density at radius 1 is 1.46 bits per heavy atom. The number of H-pyrrole nitrogens is 1. The third-order valence-corrected chi connectivity index (χ3v) is 2.76. The molecule has 5 heteroatoms. The first kappa shape index (κ1) is 8.62. The van der Waals surface area contributed by atoms with E-state index in [9.17, 15) is 0 Å². The molecule has 72 valence electrons. The second-order valence-electron chi connectivity index (χ2n) is 3.76. The van der Waals surface area contributed by atoms with Crippen molar-refractivity contribution in [2.24, 2.45) is 11.7 Å². The van der Waals surface area contributed by atoms with Crippen molar-refractivity contribution in [2.75, 3.05) is 0 Å². The van der Waals surface area contributed by atoms with Gasteiger partial charge in [-0.2, -0.15) is 5.21 Å². The summed E-state index contributed by atoms with van der Waals surface area (Å²) in [6.45, 7) is 0. The zero-order valence-corrected chi connectivity index (χ0v) is 7.61. The Balaban J connectivity index is 1.87. The van der Waals surface area contributed by atoms with Crippen LogP contribution in [0.25, 0.3) is 0 Å². The van der Waals surface area contributed by atoms with E-state index in [1.807, 2.05) is 0 Å². The SMILES string of the molecule is NC(CC1CCCC1)c1nn[nH]n1. The Morgan fingerprint density at radius 3 is 2.85 bits per heavy atom. The van der Waals surface area contributed by atoms with Gasteiger partial charge in [0.15, 0.2) is 5.82 Å². The number of rotatable bonds is 3. The first-order valence-corrected chi connectivity index (χ1v) is 4.85. The lowest BCUT2D eigenvalue weighted by Gasteiger charge is -2.12. The van der Waals surface area contributed by atoms with Gasteiger partial charge in [0.2, 0.25) is 0 Å². The van der Waals surface area contributed by atoms with Gasteiger partial charge in [-0.05, 0) is 12.3 Å². The summed E-state index contributed by atoms with van der Waals surface area (Å²) < 4.78 is 0. The topological polar surface area (TPSA) is 80.5 Å². The number of nitrogens with zero attached hydrogens (tertiary/aromatic N) is 3. The van der Waals surface area contributed by atoms with Crippen LogP contribution in [0.1, 0.15) is 44.0 Å². The molecule has 0 aromatic carbocycles. The summed E-state index contributed by atoms with van der Waals surface area (Å²) in [5.41, 5.74) is 5.93. The van der Waals surface area contributed by atoms with Gasteiger partial charge < -0.3 is 5.73 Å². The number of nitrogens with one attached hydrogen (secondary N) is 1. The Hall–Kier alpha value is -0.970. The van der Waals surface area contributed by atoms with Crippen LogP contribution in [0.3, 0.4) is 0 Å². The molecule has 3 N–H and O–H groups in total. The highest BCUT2D eigenvalue weighted by molar-refractivity contribution is 4.88. The minimum Gasteiger partial charge on any atom is -0.321 e. The largest absolute Gasteiger partial charge is 0.321 e. The molecule has 1 fully saturated rings. The minimum atomic E-state index is -0.0400. The van der Waals surface area contributed by atoms with Crippen molar-refractivity contribution < 1.29 is 0 Å². The van der Waals surface area contributed by atoms with E-state index < -0.39 is 0 Å². The molecule has 2 rings (SSSR count). The molecular formula is C8H15N5. The molecule has 0 amide bonds. The monoisotopic (exact) mass is 181 g/mol. The molecule has 1 aliphatic rings. The van der Waals surface area contributed by atoms with Gasteiger partial charge in [0.1, 0.15) is 0 Å². The fourth-order valence-electron chi connectivity index (χ4n) is 2.04. The van der Waals surface area contributed by atoms with Crippen molar-refractivity contribution >= 4 is 0 Å². The highest BCUT2D eigenvalue weighted by Crippen LogP contribution is 2.30. The van der Waals surface area contributed by atoms with Crippen LogP contribution in [0.4, 0.5) is 0 Å². The van der Waals surface area contributed by atoms with Crippen molar-refractivity contribution in [3.63, 3.8) is 0 Å². The Morgan fingerprint density at radius 2 is 2.23 bits per heavy atom. The van der Waals surface area contributed by atoms with E-state index in [2.05, 4.69) is 20.6 Å². The molecular weight excluding hydrogens is 166 g/mol. The van der Waals surface area contributed by atoms with Crippen molar-refractivity contribution in [1.82, 2.24) is 20.6 Å². The maximum absolute atomic E-state index is 5.93. The third-order valence-electron chi connectivity index (χ3n) is 2.76. The summed E-state index contributed by atoms with van der Waals surface area (Å²) in [5, 5.41) is 13.7. The predicted octanol–water partition coefficient (Wildman–Crippen LogP) is 0.780. The normalized spacial score (nSPS) is 20.7. The van der Waals surface area contributed by atoms with Crippen LogP contribution in [0, 0.1) is 5.92 Å². The molecule has 0 bridgehead atoms. The lowest BCUT2D eigenvalue weighted by atomic mass is 9.99. The average Bonchev–Trinajstić information content (AvgIpc) is 2.74.